The molecule has 2 aromatic carbocycles. The van der Waals surface area contributed by atoms with Gasteiger partial charge in [-0.1, -0.05) is 62.9 Å². The Labute approximate surface area is 236 Å². The van der Waals surface area contributed by atoms with Crippen LogP contribution in [0.15, 0.2) is 66.9 Å². The summed E-state index contributed by atoms with van der Waals surface area (Å²) in [4.78, 5) is 31.2. The van der Waals surface area contributed by atoms with E-state index < -0.39 is 0 Å². The van der Waals surface area contributed by atoms with Crippen LogP contribution < -0.4 is 0 Å². The van der Waals surface area contributed by atoms with E-state index in [0.717, 1.165) is 43.4 Å². The minimum absolute atomic E-state index is 0.0319. The molecule has 1 heterocycles. The minimum Gasteiger partial charge on any atom is -0.345 e. The van der Waals surface area contributed by atoms with E-state index in [1.165, 1.54) is 18.6 Å². The molecule has 1 aliphatic carbocycles. The van der Waals surface area contributed by atoms with E-state index in [9.17, 15) is 14.0 Å². The zero-order chi connectivity index (χ0) is 27.8. The SMILES string of the molecule is CC(C)CCN(CC(=O)N(Cc1cccn1Cc1ccc(F)cc1)C1CCCCC1)C(=O)c1cccc(Cl)c1. The molecule has 0 spiro atoms. The molecule has 0 bridgehead atoms. The van der Waals surface area contributed by atoms with Crippen LogP contribution in [0.2, 0.25) is 5.02 Å². The number of nitrogens with zero attached hydrogens (tertiary/aromatic N) is 3. The van der Waals surface area contributed by atoms with Gasteiger partial charge in [0.1, 0.15) is 12.4 Å². The highest BCUT2D eigenvalue weighted by atomic mass is 35.5. The van der Waals surface area contributed by atoms with E-state index >= 15 is 0 Å². The van der Waals surface area contributed by atoms with E-state index in [1.807, 2.05) is 23.2 Å². The summed E-state index contributed by atoms with van der Waals surface area (Å²) in [6.07, 6.45) is 8.14. The first kappa shape index (κ1) is 28.9. The Morgan fingerprint density at radius 1 is 1.03 bits per heavy atom. The van der Waals surface area contributed by atoms with Crippen LogP contribution in [0.5, 0.6) is 0 Å². The Bertz CT molecular complexity index is 1230. The van der Waals surface area contributed by atoms with Gasteiger partial charge in [0.2, 0.25) is 5.91 Å². The first-order valence-electron chi connectivity index (χ1n) is 14.0. The standard InChI is InChI=1S/C32H39ClFN3O2/c1-24(2)17-19-36(32(39)26-8-6-9-27(33)20-26)23-31(38)37(29-10-4-3-5-11-29)22-30-12-7-18-35(30)21-25-13-15-28(34)16-14-25/h6-9,12-16,18,20,24,29H,3-5,10-11,17,19,21-23H2,1-2H3. The van der Waals surface area contributed by atoms with Crippen molar-refractivity contribution in [1.29, 1.82) is 0 Å². The normalized spacial score (nSPS) is 14.0. The first-order chi connectivity index (χ1) is 18.8. The first-order valence-corrected chi connectivity index (χ1v) is 14.4. The maximum atomic E-state index is 14.0. The van der Waals surface area contributed by atoms with Crippen LogP contribution in [0.25, 0.3) is 0 Å². The summed E-state index contributed by atoms with van der Waals surface area (Å²) in [5.74, 6) is -0.0563. The molecular formula is C32H39ClFN3O2. The minimum atomic E-state index is -0.255. The van der Waals surface area contributed by atoms with Crippen molar-refractivity contribution in [2.45, 2.75) is 71.5 Å². The van der Waals surface area contributed by atoms with Crippen molar-refractivity contribution in [1.82, 2.24) is 14.4 Å². The molecular weight excluding hydrogens is 513 g/mol. The monoisotopic (exact) mass is 551 g/mol. The van der Waals surface area contributed by atoms with Gasteiger partial charge < -0.3 is 14.4 Å². The molecule has 0 N–H and O–H groups in total. The van der Waals surface area contributed by atoms with Crippen molar-refractivity contribution < 1.29 is 14.0 Å². The van der Waals surface area contributed by atoms with Gasteiger partial charge in [0.15, 0.2) is 0 Å². The summed E-state index contributed by atoms with van der Waals surface area (Å²) in [5, 5.41) is 0.502. The van der Waals surface area contributed by atoms with Crippen molar-refractivity contribution in [3.63, 3.8) is 0 Å². The molecule has 1 aliphatic rings. The molecule has 0 aliphatic heterocycles. The lowest BCUT2D eigenvalue weighted by atomic mass is 9.94. The Morgan fingerprint density at radius 3 is 2.46 bits per heavy atom. The molecule has 0 saturated heterocycles. The van der Waals surface area contributed by atoms with Crippen molar-refractivity contribution in [3.05, 3.63) is 94.5 Å². The topological polar surface area (TPSA) is 45.6 Å². The fourth-order valence-corrected chi connectivity index (χ4v) is 5.44. The van der Waals surface area contributed by atoms with Gasteiger partial charge in [-0.25, -0.2) is 4.39 Å². The number of carbonyl (C=O) groups excluding carboxylic acids is 2. The summed E-state index contributed by atoms with van der Waals surface area (Å²) in [6, 6.07) is 17.6. The predicted octanol–water partition coefficient (Wildman–Crippen LogP) is 7.18. The van der Waals surface area contributed by atoms with Crippen molar-refractivity contribution in [2.75, 3.05) is 13.1 Å². The molecule has 4 rings (SSSR count). The number of hydrogen-bond acceptors (Lipinski definition) is 2. The molecule has 1 aromatic heterocycles. The summed E-state index contributed by atoms with van der Waals surface area (Å²) >= 11 is 6.17. The molecule has 39 heavy (non-hydrogen) atoms. The second-order valence-electron chi connectivity index (χ2n) is 11.0. The molecule has 0 radical (unpaired) electrons. The molecule has 1 fully saturated rings. The second-order valence-corrected chi connectivity index (χ2v) is 11.4. The van der Waals surface area contributed by atoms with Crippen LogP contribution in [0.1, 0.15) is 74.0 Å². The smallest absolute Gasteiger partial charge is 0.254 e. The van der Waals surface area contributed by atoms with Gasteiger partial charge in [-0.15, -0.1) is 0 Å². The van der Waals surface area contributed by atoms with Crippen molar-refractivity contribution in [2.24, 2.45) is 5.92 Å². The van der Waals surface area contributed by atoms with Crippen LogP contribution in [0, 0.1) is 11.7 Å². The highest BCUT2D eigenvalue weighted by molar-refractivity contribution is 6.31. The van der Waals surface area contributed by atoms with E-state index in [-0.39, 0.29) is 30.2 Å². The highest BCUT2D eigenvalue weighted by Crippen LogP contribution is 2.25. The maximum Gasteiger partial charge on any atom is 0.254 e. The van der Waals surface area contributed by atoms with Crippen LogP contribution in [0.3, 0.4) is 0 Å². The number of benzene rings is 2. The van der Waals surface area contributed by atoms with E-state index in [4.69, 9.17) is 11.6 Å². The Hall–Kier alpha value is -3.12. The molecule has 1 saturated carbocycles. The molecule has 7 heteroatoms. The number of amides is 2. The molecule has 5 nitrogen and oxygen atoms in total. The molecule has 2 amide bonds. The lowest BCUT2D eigenvalue weighted by Crippen LogP contribution is -2.48. The van der Waals surface area contributed by atoms with Gasteiger partial charge in [-0.05, 0) is 73.2 Å². The van der Waals surface area contributed by atoms with Crippen LogP contribution in [0.4, 0.5) is 4.39 Å². The second kappa shape index (κ2) is 13.8. The lowest BCUT2D eigenvalue weighted by Gasteiger charge is -2.36. The Kier molecular flexibility index (Phi) is 10.2. The van der Waals surface area contributed by atoms with Gasteiger partial charge >= 0.3 is 0 Å². The van der Waals surface area contributed by atoms with Crippen LogP contribution >= 0.6 is 11.6 Å². The number of carbonyl (C=O) groups is 2. The quantitative estimate of drug-likeness (QED) is 0.253. The Morgan fingerprint density at radius 2 is 1.77 bits per heavy atom. The number of halogens is 2. The van der Waals surface area contributed by atoms with Gasteiger partial charge in [0, 0.05) is 41.6 Å². The fourth-order valence-electron chi connectivity index (χ4n) is 5.25. The third-order valence-electron chi connectivity index (χ3n) is 7.52. The molecule has 3 aromatic rings. The van der Waals surface area contributed by atoms with Gasteiger partial charge in [0.25, 0.3) is 5.91 Å². The third kappa shape index (κ3) is 8.18. The van der Waals surface area contributed by atoms with Crippen molar-refractivity contribution in [3.8, 4) is 0 Å². The average molecular weight is 552 g/mol. The van der Waals surface area contributed by atoms with Crippen LogP contribution in [-0.2, 0) is 17.9 Å². The Balaban J connectivity index is 1.55. The lowest BCUT2D eigenvalue weighted by molar-refractivity contribution is -0.135. The maximum absolute atomic E-state index is 14.0. The van der Waals surface area contributed by atoms with Crippen molar-refractivity contribution >= 4 is 23.4 Å². The fraction of sp³-hybridized carbons (Fsp3) is 0.438. The molecule has 0 atom stereocenters. The summed E-state index contributed by atoms with van der Waals surface area (Å²) in [5.41, 5.74) is 2.51. The largest absolute Gasteiger partial charge is 0.345 e. The number of aromatic nitrogens is 1. The zero-order valence-electron chi connectivity index (χ0n) is 23.0. The predicted molar refractivity (Wildman–Crippen MR) is 154 cm³/mol. The highest BCUT2D eigenvalue weighted by Gasteiger charge is 2.29. The van der Waals surface area contributed by atoms with Crippen LogP contribution in [-0.4, -0.2) is 45.3 Å². The zero-order valence-corrected chi connectivity index (χ0v) is 23.7. The summed E-state index contributed by atoms with van der Waals surface area (Å²) in [7, 11) is 0. The summed E-state index contributed by atoms with van der Waals surface area (Å²) < 4.78 is 15.5. The third-order valence-corrected chi connectivity index (χ3v) is 7.75. The van der Waals surface area contributed by atoms with Gasteiger partial charge in [-0.2, -0.15) is 0 Å². The van der Waals surface area contributed by atoms with E-state index in [0.29, 0.717) is 36.1 Å². The number of hydrogen-bond donors (Lipinski definition) is 0. The summed E-state index contributed by atoms with van der Waals surface area (Å²) in [6.45, 7) is 5.85. The van der Waals surface area contributed by atoms with Gasteiger partial charge in [0.05, 0.1) is 6.54 Å². The molecule has 208 valence electrons. The molecule has 0 unspecified atom stereocenters. The van der Waals surface area contributed by atoms with E-state index in [1.54, 1.807) is 41.3 Å². The number of rotatable bonds is 11. The van der Waals surface area contributed by atoms with Gasteiger partial charge in [-0.3, -0.25) is 9.59 Å². The average Bonchev–Trinajstić information content (AvgIpc) is 3.37. The van der Waals surface area contributed by atoms with E-state index in [2.05, 4.69) is 18.4 Å².